The van der Waals surface area contributed by atoms with Crippen LogP contribution in [-0.4, -0.2) is 61.5 Å². The molecule has 0 amide bonds. The molecular formula is C15H30N2O2. The zero-order valence-electron chi connectivity index (χ0n) is 12.3. The van der Waals surface area contributed by atoms with Crippen molar-refractivity contribution in [3.63, 3.8) is 0 Å². The fourth-order valence-electron chi connectivity index (χ4n) is 3.16. The highest BCUT2D eigenvalue weighted by Gasteiger charge is 2.20. The Bertz CT molecular complexity index is 234. The van der Waals surface area contributed by atoms with E-state index in [1.165, 1.54) is 32.1 Å². The summed E-state index contributed by atoms with van der Waals surface area (Å²) in [5, 5.41) is 13.0. The summed E-state index contributed by atoms with van der Waals surface area (Å²) in [6, 6.07) is 0. The minimum atomic E-state index is -0.196. The minimum absolute atomic E-state index is 0.196. The molecule has 0 aromatic heterocycles. The lowest BCUT2D eigenvalue weighted by Gasteiger charge is -2.33. The van der Waals surface area contributed by atoms with E-state index in [4.69, 9.17) is 4.74 Å². The quantitative estimate of drug-likeness (QED) is 0.762. The summed E-state index contributed by atoms with van der Waals surface area (Å²) in [6.07, 6.45) is 6.54. The predicted octanol–water partition coefficient (Wildman–Crippen LogP) is 1.24. The van der Waals surface area contributed by atoms with Gasteiger partial charge in [-0.1, -0.05) is 0 Å². The van der Waals surface area contributed by atoms with E-state index >= 15 is 0 Å². The van der Waals surface area contributed by atoms with Crippen LogP contribution in [0.2, 0.25) is 0 Å². The highest BCUT2D eigenvalue weighted by molar-refractivity contribution is 4.76. The number of piperidine rings is 1. The number of β-amino-alcohol motifs (C(OH)–C–C–N with tert-alkyl or cyclic N) is 1. The van der Waals surface area contributed by atoms with Gasteiger partial charge in [0.05, 0.1) is 12.2 Å². The number of likely N-dealkylation sites (tertiary alicyclic amines) is 1. The maximum atomic E-state index is 9.39. The fourth-order valence-corrected chi connectivity index (χ4v) is 3.16. The second kappa shape index (κ2) is 8.20. The van der Waals surface area contributed by atoms with Crippen LogP contribution in [0.4, 0.5) is 0 Å². The molecule has 19 heavy (non-hydrogen) atoms. The summed E-state index contributed by atoms with van der Waals surface area (Å²) in [5.74, 6) is 0.800. The molecule has 4 heteroatoms. The van der Waals surface area contributed by atoms with Crippen molar-refractivity contribution in [2.24, 2.45) is 5.92 Å². The topological polar surface area (TPSA) is 44.7 Å². The van der Waals surface area contributed by atoms with Crippen LogP contribution < -0.4 is 5.32 Å². The molecule has 4 nitrogen and oxygen atoms in total. The summed E-state index contributed by atoms with van der Waals surface area (Å²) in [4.78, 5) is 2.38. The second-order valence-electron chi connectivity index (χ2n) is 6.24. The SMILES string of the molecule is C[C@@H](O)CN1CCC(CNC[C@H]2CCCCO2)CC1. The first-order chi connectivity index (χ1) is 9.24. The van der Waals surface area contributed by atoms with Crippen LogP contribution in [0.3, 0.4) is 0 Å². The number of nitrogens with one attached hydrogen (secondary N) is 1. The van der Waals surface area contributed by atoms with E-state index < -0.39 is 0 Å². The lowest BCUT2D eigenvalue weighted by atomic mass is 9.96. The number of hydrogen-bond acceptors (Lipinski definition) is 4. The van der Waals surface area contributed by atoms with Gasteiger partial charge in [0.15, 0.2) is 0 Å². The Morgan fingerprint density at radius 1 is 1.21 bits per heavy atom. The molecule has 0 aromatic rings. The van der Waals surface area contributed by atoms with Crippen LogP contribution >= 0.6 is 0 Å². The van der Waals surface area contributed by atoms with E-state index in [0.717, 1.165) is 45.2 Å². The molecular weight excluding hydrogens is 240 g/mol. The van der Waals surface area contributed by atoms with Gasteiger partial charge in [-0.25, -0.2) is 0 Å². The number of ether oxygens (including phenoxy) is 1. The molecule has 2 heterocycles. The molecule has 2 rings (SSSR count). The molecule has 0 bridgehead atoms. The molecule has 0 aliphatic carbocycles. The maximum Gasteiger partial charge on any atom is 0.0699 e. The van der Waals surface area contributed by atoms with Crippen molar-refractivity contribution in [3.8, 4) is 0 Å². The second-order valence-corrected chi connectivity index (χ2v) is 6.24. The molecule has 2 aliphatic heterocycles. The number of aliphatic hydroxyl groups is 1. The fraction of sp³-hybridized carbons (Fsp3) is 1.00. The molecule has 112 valence electrons. The highest BCUT2D eigenvalue weighted by Crippen LogP contribution is 2.17. The molecule has 2 N–H and O–H groups in total. The molecule has 0 radical (unpaired) electrons. The van der Waals surface area contributed by atoms with Crippen molar-refractivity contribution >= 4 is 0 Å². The summed E-state index contributed by atoms with van der Waals surface area (Å²) >= 11 is 0. The Morgan fingerprint density at radius 3 is 2.63 bits per heavy atom. The van der Waals surface area contributed by atoms with Gasteiger partial charge in [0.2, 0.25) is 0 Å². The van der Waals surface area contributed by atoms with Gasteiger partial charge in [-0.05, 0) is 64.6 Å². The lowest BCUT2D eigenvalue weighted by Crippen LogP contribution is -2.41. The van der Waals surface area contributed by atoms with Crippen molar-refractivity contribution in [1.82, 2.24) is 10.2 Å². The van der Waals surface area contributed by atoms with E-state index in [9.17, 15) is 5.11 Å². The van der Waals surface area contributed by atoms with E-state index in [-0.39, 0.29) is 6.10 Å². The zero-order chi connectivity index (χ0) is 13.5. The molecule has 2 saturated heterocycles. The van der Waals surface area contributed by atoms with Gasteiger partial charge >= 0.3 is 0 Å². The first kappa shape index (κ1) is 15.2. The van der Waals surface area contributed by atoms with Crippen molar-refractivity contribution < 1.29 is 9.84 Å². The van der Waals surface area contributed by atoms with Crippen molar-refractivity contribution in [1.29, 1.82) is 0 Å². The molecule has 2 aliphatic rings. The predicted molar refractivity (Wildman–Crippen MR) is 77.3 cm³/mol. The van der Waals surface area contributed by atoms with E-state index in [1.807, 2.05) is 6.92 Å². The minimum Gasteiger partial charge on any atom is -0.392 e. The monoisotopic (exact) mass is 270 g/mol. The van der Waals surface area contributed by atoms with Gasteiger partial charge in [-0.3, -0.25) is 0 Å². The standard InChI is InChI=1S/C15H30N2O2/c1-13(18)12-17-7-5-14(6-8-17)10-16-11-15-4-2-3-9-19-15/h13-16,18H,2-12H2,1H3/t13-,15-/m1/s1. The zero-order valence-corrected chi connectivity index (χ0v) is 12.3. The molecule has 0 saturated carbocycles. The van der Waals surface area contributed by atoms with E-state index in [2.05, 4.69) is 10.2 Å². The van der Waals surface area contributed by atoms with Crippen LogP contribution in [0.5, 0.6) is 0 Å². The normalized spacial score (nSPS) is 28.4. The van der Waals surface area contributed by atoms with Gasteiger partial charge < -0.3 is 20.1 Å². The van der Waals surface area contributed by atoms with Gasteiger partial charge in [0.1, 0.15) is 0 Å². The lowest BCUT2D eigenvalue weighted by molar-refractivity contribution is 0.0159. The average Bonchev–Trinajstić information content (AvgIpc) is 2.41. The maximum absolute atomic E-state index is 9.39. The Morgan fingerprint density at radius 2 is 2.00 bits per heavy atom. The molecule has 2 fully saturated rings. The smallest absolute Gasteiger partial charge is 0.0699 e. The Hall–Kier alpha value is -0.160. The third kappa shape index (κ3) is 5.78. The van der Waals surface area contributed by atoms with Crippen LogP contribution in [0, 0.1) is 5.92 Å². The number of aliphatic hydroxyl groups excluding tert-OH is 1. The van der Waals surface area contributed by atoms with Crippen molar-refractivity contribution in [2.45, 2.75) is 51.2 Å². The van der Waals surface area contributed by atoms with Crippen LogP contribution in [-0.2, 0) is 4.74 Å². The van der Waals surface area contributed by atoms with Crippen molar-refractivity contribution in [3.05, 3.63) is 0 Å². The summed E-state index contributed by atoms with van der Waals surface area (Å²) in [6.45, 7) is 8.07. The summed E-state index contributed by atoms with van der Waals surface area (Å²) < 4.78 is 5.73. The van der Waals surface area contributed by atoms with E-state index in [1.54, 1.807) is 0 Å². The largest absolute Gasteiger partial charge is 0.392 e. The number of hydrogen-bond donors (Lipinski definition) is 2. The van der Waals surface area contributed by atoms with Crippen LogP contribution in [0.25, 0.3) is 0 Å². The summed E-state index contributed by atoms with van der Waals surface area (Å²) in [5.41, 5.74) is 0. The Balaban J connectivity index is 1.53. The molecule has 2 atom stereocenters. The van der Waals surface area contributed by atoms with Crippen LogP contribution in [0.1, 0.15) is 39.0 Å². The highest BCUT2D eigenvalue weighted by atomic mass is 16.5. The first-order valence-corrected chi connectivity index (χ1v) is 7.97. The Labute approximate surface area is 117 Å². The van der Waals surface area contributed by atoms with Gasteiger partial charge in [0, 0.05) is 19.7 Å². The molecule has 0 unspecified atom stereocenters. The summed E-state index contributed by atoms with van der Waals surface area (Å²) in [7, 11) is 0. The van der Waals surface area contributed by atoms with E-state index in [0.29, 0.717) is 6.10 Å². The Kier molecular flexibility index (Phi) is 6.57. The van der Waals surface area contributed by atoms with Gasteiger partial charge in [0.25, 0.3) is 0 Å². The van der Waals surface area contributed by atoms with Crippen LogP contribution in [0.15, 0.2) is 0 Å². The number of nitrogens with zero attached hydrogens (tertiary/aromatic N) is 1. The van der Waals surface area contributed by atoms with Gasteiger partial charge in [-0.2, -0.15) is 0 Å². The number of rotatable bonds is 6. The molecule has 0 aromatic carbocycles. The first-order valence-electron chi connectivity index (χ1n) is 7.97. The average molecular weight is 270 g/mol. The third-order valence-electron chi connectivity index (χ3n) is 4.31. The molecule has 0 spiro atoms. The van der Waals surface area contributed by atoms with Gasteiger partial charge in [-0.15, -0.1) is 0 Å². The third-order valence-corrected chi connectivity index (χ3v) is 4.31. The van der Waals surface area contributed by atoms with Crippen molar-refractivity contribution in [2.75, 3.05) is 39.3 Å².